The largest absolute Gasteiger partial charge is 0.433 e. The van der Waals surface area contributed by atoms with Gasteiger partial charge in [-0.2, -0.15) is 13.2 Å². The molecule has 1 aromatic carbocycles. The zero-order chi connectivity index (χ0) is 24.8. The van der Waals surface area contributed by atoms with E-state index in [1.165, 1.54) is 30.4 Å². The molecule has 0 aliphatic heterocycles. The van der Waals surface area contributed by atoms with E-state index in [4.69, 9.17) is 0 Å². The molecule has 0 spiro atoms. The van der Waals surface area contributed by atoms with E-state index in [9.17, 15) is 30.8 Å². The predicted octanol–water partition coefficient (Wildman–Crippen LogP) is 4.53. The Kier molecular flexibility index (Phi) is 8.59. The van der Waals surface area contributed by atoms with Crippen molar-refractivity contribution in [1.29, 1.82) is 0 Å². The standard InChI is InChI=1S/C22H25F4N3O3S/c1-4-14(2)11-19-16(6-9-20(28-19)22(24,25)26)7-10-21(30)27-13-15-5-8-18(17(23)12-15)29-33(3,31)32/h5-10,12,14,29H,4,11,13H2,1-3H3,(H,27,30)/b10-7-. The highest BCUT2D eigenvalue weighted by Gasteiger charge is 2.33. The molecular formula is C22H25F4N3O3S. The number of aromatic nitrogens is 1. The predicted molar refractivity (Wildman–Crippen MR) is 118 cm³/mol. The first-order chi connectivity index (χ1) is 15.3. The number of halogens is 4. The molecule has 6 nitrogen and oxygen atoms in total. The number of alkyl halides is 3. The lowest BCUT2D eigenvalue weighted by atomic mass is 9.99. The van der Waals surface area contributed by atoms with Gasteiger partial charge in [0.2, 0.25) is 15.9 Å². The fourth-order valence-corrected chi connectivity index (χ4v) is 3.39. The minimum atomic E-state index is -4.56. The summed E-state index contributed by atoms with van der Waals surface area (Å²) in [6, 6.07) is 5.92. The SMILES string of the molecule is CCC(C)Cc1nc(C(F)(F)F)ccc1/C=C\C(=O)NCc1ccc(NS(C)(=O)=O)c(F)c1. The lowest BCUT2D eigenvalue weighted by Gasteiger charge is -2.13. The molecule has 0 aliphatic carbocycles. The maximum atomic E-state index is 14.0. The first-order valence-electron chi connectivity index (χ1n) is 10.1. The van der Waals surface area contributed by atoms with Crippen molar-refractivity contribution < 1.29 is 30.8 Å². The average Bonchev–Trinajstić information content (AvgIpc) is 2.71. The van der Waals surface area contributed by atoms with Crippen molar-refractivity contribution in [3.63, 3.8) is 0 Å². The molecule has 1 heterocycles. The Bertz CT molecular complexity index is 1130. The maximum absolute atomic E-state index is 14.0. The number of anilines is 1. The van der Waals surface area contributed by atoms with Gasteiger partial charge < -0.3 is 5.32 Å². The third kappa shape index (κ3) is 8.49. The van der Waals surface area contributed by atoms with Crippen molar-refractivity contribution >= 4 is 27.7 Å². The van der Waals surface area contributed by atoms with E-state index < -0.39 is 33.6 Å². The van der Waals surface area contributed by atoms with Crippen LogP contribution in [0.2, 0.25) is 0 Å². The van der Waals surface area contributed by atoms with Crippen LogP contribution in [-0.4, -0.2) is 25.6 Å². The zero-order valence-electron chi connectivity index (χ0n) is 18.3. The molecule has 0 radical (unpaired) electrons. The van der Waals surface area contributed by atoms with Crippen LogP contribution in [0.1, 0.15) is 42.8 Å². The molecule has 2 N–H and O–H groups in total. The molecule has 1 amide bonds. The van der Waals surface area contributed by atoms with Gasteiger partial charge in [-0.1, -0.05) is 32.4 Å². The van der Waals surface area contributed by atoms with Crippen LogP contribution in [0.3, 0.4) is 0 Å². The summed E-state index contributed by atoms with van der Waals surface area (Å²) in [4.78, 5) is 15.9. The van der Waals surface area contributed by atoms with Gasteiger partial charge in [0.15, 0.2) is 0 Å². The molecule has 11 heteroatoms. The van der Waals surface area contributed by atoms with Gasteiger partial charge in [-0.25, -0.2) is 17.8 Å². The Labute approximate surface area is 190 Å². The molecule has 1 aromatic heterocycles. The van der Waals surface area contributed by atoms with Crippen LogP contribution in [0.15, 0.2) is 36.4 Å². The summed E-state index contributed by atoms with van der Waals surface area (Å²) >= 11 is 0. The fourth-order valence-electron chi connectivity index (χ4n) is 2.82. The second-order valence-electron chi connectivity index (χ2n) is 7.69. The lowest BCUT2D eigenvalue weighted by Crippen LogP contribution is -2.20. The number of sulfonamides is 1. The molecule has 0 fully saturated rings. The monoisotopic (exact) mass is 487 g/mol. The Morgan fingerprint density at radius 1 is 1.21 bits per heavy atom. The topological polar surface area (TPSA) is 88.2 Å². The maximum Gasteiger partial charge on any atom is 0.433 e. The van der Waals surface area contributed by atoms with Gasteiger partial charge in [0.25, 0.3) is 0 Å². The van der Waals surface area contributed by atoms with Gasteiger partial charge in [0, 0.05) is 18.3 Å². The Hall–Kier alpha value is -2.95. The summed E-state index contributed by atoms with van der Waals surface area (Å²) in [7, 11) is -3.63. The molecule has 0 aliphatic rings. The third-order valence-electron chi connectivity index (χ3n) is 4.75. The summed E-state index contributed by atoms with van der Waals surface area (Å²) < 4.78 is 77.6. The van der Waals surface area contributed by atoms with Crippen LogP contribution in [0, 0.1) is 11.7 Å². The number of pyridine rings is 1. The van der Waals surface area contributed by atoms with Gasteiger partial charge in [0.05, 0.1) is 11.9 Å². The summed E-state index contributed by atoms with van der Waals surface area (Å²) in [5.41, 5.74) is -0.156. The van der Waals surface area contributed by atoms with Gasteiger partial charge in [0.1, 0.15) is 11.5 Å². The molecule has 180 valence electrons. The van der Waals surface area contributed by atoms with Gasteiger partial charge in [-0.3, -0.25) is 9.52 Å². The molecule has 33 heavy (non-hydrogen) atoms. The van der Waals surface area contributed by atoms with Crippen molar-refractivity contribution in [2.45, 2.75) is 39.4 Å². The average molecular weight is 488 g/mol. The minimum Gasteiger partial charge on any atom is -0.348 e. The number of carbonyl (C=O) groups is 1. The fraction of sp³-hybridized carbons (Fsp3) is 0.364. The highest BCUT2D eigenvalue weighted by Crippen LogP contribution is 2.29. The second kappa shape index (κ2) is 10.8. The third-order valence-corrected chi connectivity index (χ3v) is 5.34. The summed E-state index contributed by atoms with van der Waals surface area (Å²) in [6.45, 7) is 3.79. The lowest BCUT2D eigenvalue weighted by molar-refractivity contribution is -0.141. The quantitative estimate of drug-likeness (QED) is 0.402. The van der Waals surface area contributed by atoms with Crippen molar-refractivity contribution in [2.24, 2.45) is 5.92 Å². The van der Waals surface area contributed by atoms with Crippen LogP contribution in [0.25, 0.3) is 6.08 Å². The normalized spacial score (nSPS) is 13.2. The van der Waals surface area contributed by atoms with Crippen LogP contribution in [-0.2, 0) is 34.0 Å². The van der Waals surface area contributed by atoms with Crippen LogP contribution >= 0.6 is 0 Å². The van der Waals surface area contributed by atoms with E-state index in [1.807, 2.05) is 18.6 Å². The first kappa shape index (κ1) is 26.3. The number of carbonyl (C=O) groups excluding carboxylic acids is 1. The van der Waals surface area contributed by atoms with E-state index >= 15 is 0 Å². The minimum absolute atomic E-state index is 0.0375. The number of rotatable bonds is 9. The molecule has 0 saturated heterocycles. The van der Waals surface area contributed by atoms with Crippen LogP contribution < -0.4 is 10.0 Å². The Balaban J connectivity index is 2.10. The number of nitrogens with zero attached hydrogens (tertiary/aromatic N) is 1. The van der Waals surface area contributed by atoms with Gasteiger partial charge >= 0.3 is 6.18 Å². The number of hydrogen-bond donors (Lipinski definition) is 2. The Morgan fingerprint density at radius 3 is 2.48 bits per heavy atom. The molecule has 1 unspecified atom stereocenters. The van der Waals surface area contributed by atoms with Crippen molar-refractivity contribution in [1.82, 2.24) is 10.3 Å². The number of hydrogen-bond acceptors (Lipinski definition) is 4. The first-order valence-corrected chi connectivity index (χ1v) is 12.0. The molecule has 0 saturated carbocycles. The molecule has 1 atom stereocenters. The second-order valence-corrected chi connectivity index (χ2v) is 9.44. The van der Waals surface area contributed by atoms with E-state index in [0.717, 1.165) is 24.8 Å². The molecule has 2 aromatic rings. The highest BCUT2D eigenvalue weighted by atomic mass is 32.2. The highest BCUT2D eigenvalue weighted by molar-refractivity contribution is 7.92. The van der Waals surface area contributed by atoms with Crippen molar-refractivity contribution in [2.75, 3.05) is 11.0 Å². The van der Waals surface area contributed by atoms with Gasteiger partial charge in [-0.05, 0) is 47.7 Å². The Morgan fingerprint density at radius 2 is 1.91 bits per heavy atom. The van der Waals surface area contributed by atoms with Crippen molar-refractivity contribution in [3.8, 4) is 0 Å². The van der Waals surface area contributed by atoms with Crippen LogP contribution in [0.4, 0.5) is 23.2 Å². The van der Waals surface area contributed by atoms with E-state index in [0.29, 0.717) is 17.5 Å². The number of benzene rings is 1. The van der Waals surface area contributed by atoms with E-state index in [1.54, 1.807) is 0 Å². The van der Waals surface area contributed by atoms with E-state index in [-0.39, 0.29) is 23.8 Å². The number of amides is 1. The summed E-state index contributed by atoms with van der Waals surface area (Å²) in [5.74, 6) is -1.23. The van der Waals surface area contributed by atoms with Crippen LogP contribution in [0.5, 0.6) is 0 Å². The van der Waals surface area contributed by atoms with Crippen molar-refractivity contribution in [3.05, 3.63) is 64.7 Å². The summed E-state index contributed by atoms with van der Waals surface area (Å²) in [5, 5.41) is 2.54. The molecule has 2 rings (SSSR count). The smallest absolute Gasteiger partial charge is 0.348 e. The van der Waals surface area contributed by atoms with Gasteiger partial charge in [-0.15, -0.1) is 0 Å². The molecule has 0 bridgehead atoms. The summed E-state index contributed by atoms with van der Waals surface area (Å²) in [6.07, 6.45) is -0.0232. The molecular weight excluding hydrogens is 462 g/mol. The van der Waals surface area contributed by atoms with E-state index in [2.05, 4.69) is 10.3 Å². The number of nitrogens with one attached hydrogen (secondary N) is 2. The zero-order valence-corrected chi connectivity index (χ0v) is 19.1.